The number of nitrogens with one attached hydrogen (secondary N) is 1. The first-order valence-corrected chi connectivity index (χ1v) is 9.02. The third-order valence-electron chi connectivity index (χ3n) is 4.18. The van der Waals surface area contributed by atoms with Crippen LogP contribution in [0.3, 0.4) is 0 Å². The zero-order valence-electron chi connectivity index (χ0n) is 15.8. The fraction of sp³-hybridized carbons (Fsp3) is 0.278. The van der Waals surface area contributed by atoms with E-state index in [9.17, 15) is 10.1 Å². The summed E-state index contributed by atoms with van der Waals surface area (Å²) in [5, 5.41) is 23.0. The Morgan fingerprint density at radius 1 is 1.31 bits per heavy atom. The first-order valence-electron chi connectivity index (χ1n) is 8.64. The number of azo groups is 1. The minimum atomic E-state index is -0.577. The van der Waals surface area contributed by atoms with E-state index in [-0.39, 0.29) is 11.5 Å². The largest absolute Gasteiger partial charge is 0.494 e. The second-order valence-corrected chi connectivity index (χ2v) is 6.37. The van der Waals surface area contributed by atoms with E-state index < -0.39 is 10.7 Å². The van der Waals surface area contributed by atoms with Crippen molar-refractivity contribution in [3.05, 3.63) is 69.0 Å². The van der Waals surface area contributed by atoms with Crippen LogP contribution in [0.15, 0.2) is 58.4 Å². The Morgan fingerprint density at radius 3 is 2.62 bits per heavy atom. The van der Waals surface area contributed by atoms with E-state index >= 15 is 0 Å². The van der Waals surface area contributed by atoms with Crippen molar-refractivity contribution in [2.75, 3.05) is 27.3 Å². The highest BCUT2D eigenvalue weighted by atomic mass is 35.5. The summed E-state index contributed by atoms with van der Waals surface area (Å²) >= 11 is 5.81. The molecular weight excluding hydrogens is 400 g/mol. The average Bonchev–Trinajstić information content (AvgIpc) is 3.17. The molecule has 0 amide bonds. The standard InChI is InChI=1S/C18H19ClN6O4/c1-28-13-4-3-5-14(29-2)16(13)22-23-18(25(26)27)17-20-8-9-24(17)11-12-6-7-15(19)21-10-12/h3-7,10,20H,8-9,11H2,1-2H3/b18-17+,23-22+. The highest BCUT2D eigenvalue weighted by Gasteiger charge is 2.29. The number of halogens is 1. The molecule has 2 heterocycles. The lowest BCUT2D eigenvalue weighted by Gasteiger charge is -2.17. The fourth-order valence-corrected chi connectivity index (χ4v) is 2.94. The number of pyridine rings is 1. The van der Waals surface area contributed by atoms with Crippen molar-refractivity contribution in [2.45, 2.75) is 6.54 Å². The van der Waals surface area contributed by atoms with Gasteiger partial charge in [0, 0.05) is 25.8 Å². The molecule has 0 radical (unpaired) electrons. The first-order chi connectivity index (χ1) is 14.0. The smallest absolute Gasteiger partial charge is 0.430 e. The number of benzene rings is 1. The zero-order chi connectivity index (χ0) is 20.8. The zero-order valence-corrected chi connectivity index (χ0v) is 16.6. The SMILES string of the molecule is COc1cccc(OC)c1/N=N/C(=C1/NCCN1Cc1ccc(Cl)nc1)[N+](=O)[O-]. The molecule has 1 saturated heterocycles. The minimum Gasteiger partial charge on any atom is -0.494 e. The van der Waals surface area contributed by atoms with E-state index in [1.54, 1.807) is 30.5 Å². The fourth-order valence-electron chi connectivity index (χ4n) is 2.83. The maximum absolute atomic E-state index is 11.7. The number of hydrogen-bond donors (Lipinski definition) is 1. The summed E-state index contributed by atoms with van der Waals surface area (Å²) in [5.41, 5.74) is 1.13. The van der Waals surface area contributed by atoms with Crippen LogP contribution in [-0.2, 0) is 6.54 Å². The molecule has 11 heteroatoms. The van der Waals surface area contributed by atoms with Crippen molar-refractivity contribution >= 4 is 17.3 Å². The van der Waals surface area contributed by atoms with Gasteiger partial charge in [-0.15, -0.1) is 0 Å². The molecule has 0 spiro atoms. The van der Waals surface area contributed by atoms with Crippen LogP contribution in [0.4, 0.5) is 5.69 Å². The van der Waals surface area contributed by atoms with E-state index in [4.69, 9.17) is 21.1 Å². The molecule has 10 nitrogen and oxygen atoms in total. The van der Waals surface area contributed by atoms with Crippen molar-refractivity contribution in [1.82, 2.24) is 15.2 Å². The summed E-state index contributed by atoms with van der Waals surface area (Å²) in [7, 11) is 2.95. The van der Waals surface area contributed by atoms with Gasteiger partial charge in [0.2, 0.25) is 5.82 Å². The molecule has 1 aliphatic heterocycles. The Bertz CT molecular complexity index is 926. The van der Waals surface area contributed by atoms with Gasteiger partial charge in [-0.3, -0.25) is 0 Å². The highest BCUT2D eigenvalue weighted by molar-refractivity contribution is 6.29. The second-order valence-electron chi connectivity index (χ2n) is 5.98. The van der Waals surface area contributed by atoms with Crippen LogP contribution in [0.2, 0.25) is 5.15 Å². The number of ether oxygens (including phenoxy) is 2. The van der Waals surface area contributed by atoms with Crippen molar-refractivity contribution < 1.29 is 14.4 Å². The summed E-state index contributed by atoms with van der Waals surface area (Å²) in [4.78, 5) is 17.0. The van der Waals surface area contributed by atoms with Gasteiger partial charge < -0.3 is 29.8 Å². The van der Waals surface area contributed by atoms with Crippen LogP contribution >= 0.6 is 11.6 Å². The van der Waals surface area contributed by atoms with Gasteiger partial charge in [-0.1, -0.05) is 23.7 Å². The second kappa shape index (κ2) is 9.20. The van der Waals surface area contributed by atoms with Crippen molar-refractivity contribution in [1.29, 1.82) is 0 Å². The topological polar surface area (TPSA) is 114 Å². The van der Waals surface area contributed by atoms with Gasteiger partial charge in [0.25, 0.3) is 0 Å². The van der Waals surface area contributed by atoms with E-state index in [1.807, 2.05) is 11.0 Å². The third kappa shape index (κ3) is 4.72. The molecule has 0 bridgehead atoms. The Morgan fingerprint density at radius 2 is 2.03 bits per heavy atom. The van der Waals surface area contributed by atoms with Gasteiger partial charge in [0.05, 0.1) is 19.3 Å². The molecule has 29 heavy (non-hydrogen) atoms. The van der Waals surface area contributed by atoms with Crippen LogP contribution in [0.5, 0.6) is 11.5 Å². The van der Waals surface area contributed by atoms with Gasteiger partial charge >= 0.3 is 5.82 Å². The van der Waals surface area contributed by atoms with E-state index in [1.165, 1.54) is 14.2 Å². The van der Waals surface area contributed by atoms with E-state index in [0.29, 0.717) is 36.3 Å². The van der Waals surface area contributed by atoms with Crippen LogP contribution < -0.4 is 14.8 Å². The van der Waals surface area contributed by atoms with Gasteiger partial charge in [0.15, 0.2) is 17.2 Å². The lowest BCUT2D eigenvalue weighted by atomic mass is 10.2. The maximum Gasteiger partial charge on any atom is 0.430 e. The van der Waals surface area contributed by atoms with Crippen molar-refractivity contribution in [2.24, 2.45) is 10.2 Å². The van der Waals surface area contributed by atoms with E-state index in [0.717, 1.165) is 5.56 Å². The predicted octanol–water partition coefficient (Wildman–Crippen LogP) is 3.34. The number of aromatic nitrogens is 1. The number of hydrogen-bond acceptors (Lipinski definition) is 9. The third-order valence-corrected chi connectivity index (χ3v) is 4.41. The van der Waals surface area contributed by atoms with Crippen LogP contribution in [0.25, 0.3) is 0 Å². The number of nitrogens with zero attached hydrogens (tertiary/aromatic N) is 5. The summed E-state index contributed by atoms with van der Waals surface area (Å²) in [6, 6.07) is 8.56. The van der Waals surface area contributed by atoms with E-state index in [2.05, 4.69) is 20.5 Å². The Labute approximate surface area is 172 Å². The van der Waals surface area contributed by atoms with Gasteiger partial charge in [-0.25, -0.2) is 4.98 Å². The summed E-state index contributed by atoms with van der Waals surface area (Å²) in [6.45, 7) is 1.53. The molecule has 1 aliphatic rings. The lowest BCUT2D eigenvalue weighted by molar-refractivity contribution is -0.429. The van der Waals surface area contributed by atoms with Gasteiger partial charge in [0.1, 0.15) is 5.15 Å². The predicted molar refractivity (Wildman–Crippen MR) is 106 cm³/mol. The Hall–Kier alpha value is -3.40. The quantitative estimate of drug-likeness (QED) is 0.317. The molecule has 152 valence electrons. The Balaban J connectivity index is 1.94. The monoisotopic (exact) mass is 418 g/mol. The highest BCUT2D eigenvalue weighted by Crippen LogP contribution is 2.37. The lowest BCUT2D eigenvalue weighted by Crippen LogP contribution is -2.23. The average molecular weight is 419 g/mol. The molecule has 1 aromatic heterocycles. The van der Waals surface area contributed by atoms with Crippen LogP contribution in [0, 0.1) is 10.1 Å². The van der Waals surface area contributed by atoms with Crippen LogP contribution in [0.1, 0.15) is 5.56 Å². The molecule has 1 fully saturated rings. The number of nitro groups is 1. The maximum atomic E-state index is 11.7. The molecule has 0 atom stereocenters. The summed E-state index contributed by atoms with van der Waals surface area (Å²) in [6.07, 6.45) is 1.63. The molecule has 0 aliphatic carbocycles. The van der Waals surface area contributed by atoms with Crippen molar-refractivity contribution in [3.8, 4) is 11.5 Å². The molecule has 0 saturated carbocycles. The molecule has 0 unspecified atom stereocenters. The number of methoxy groups -OCH3 is 2. The summed E-state index contributed by atoms with van der Waals surface area (Å²) in [5.74, 6) is 0.661. The van der Waals surface area contributed by atoms with Gasteiger partial charge in [-0.2, -0.15) is 0 Å². The number of rotatable bonds is 7. The van der Waals surface area contributed by atoms with Gasteiger partial charge in [-0.05, 0) is 33.8 Å². The molecular formula is C18H19ClN6O4. The molecule has 2 aromatic rings. The molecule has 1 N–H and O–H groups in total. The first kappa shape index (κ1) is 20.3. The summed E-state index contributed by atoms with van der Waals surface area (Å²) < 4.78 is 10.5. The minimum absolute atomic E-state index is 0.267. The van der Waals surface area contributed by atoms with Crippen molar-refractivity contribution in [3.63, 3.8) is 0 Å². The molecule has 1 aromatic carbocycles. The Kier molecular flexibility index (Phi) is 6.45. The normalized spacial score (nSPS) is 15.3. The van der Waals surface area contributed by atoms with Crippen LogP contribution in [-0.4, -0.2) is 42.1 Å². The molecule has 3 rings (SSSR count).